The van der Waals surface area contributed by atoms with Crippen LogP contribution in [0.3, 0.4) is 0 Å². The van der Waals surface area contributed by atoms with E-state index >= 15 is 0 Å². The lowest BCUT2D eigenvalue weighted by Crippen LogP contribution is -2.34. The first-order valence-electron chi connectivity index (χ1n) is 10.00. The first-order chi connectivity index (χ1) is 14.5. The SMILES string of the molecule is CCOc1ccccc1[C@H]1S[C@H](C)C(=O)N1c1c(C)n(C)n(-c2ccccc2)c1=O. The zero-order valence-corrected chi connectivity index (χ0v) is 18.3. The number of hydrogen-bond donors (Lipinski definition) is 0. The number of carbonyl (C=O) groups excluding carboxylic acids is 1. The zero-order valence-electron chi connectivity index (χ0n) is 17.5. The summed E-state index contributed by atoms with van der Waals surface area (Å²) < 4.78 is 9.24. The minimum Gasteiger partial charge on any atom is -0.493 e. The van der Waals surface area contributed by atoms with Crippen LogP contribution in [-0.4, -0.2) is 27.1 Å². The molecular weight excluding hydrogens is 398 g/mol. The highest BCUT2D eigenvalue weighted by molar-refractivity contribution is 8.01. The molecule has 156 valence electrons. The summed E-state index contributed by atoms with van der Waals surface area (Å²) in [6, 6.07) is 17.2. The van der Waals surface area contributed by atoms with E-state index < -0.39 is 0 Å². The lowest BCUT2D eigenvalue weighted by atomic mass is 10.1. The molecule has 0 unspecified atom stereocenters. The first kappa shape index (κ1) is 20.3. The van der Waals surface area contributed by atoms with Gasteiger partial charge in [0, 0.05) is 12.6 Å². The van der Waals surface area contributed by atoms with Gasteiger partial charge in [-0.25, -0.2) is 4.68 Å². The minimum absolute atomic E-state index is 0.0673. The smallest absolute Gasteiger partial charge is 0.295 e. The summed E-state index contributed by atoms with van der Waals surface area (Å²) in [6.07, 6.45) is 0. The van der Waals surface area contributed by atoms with Crippen LogP contribution in [0.15, 0.2) is 59.4 Å². The topological polar surface area (TPSA) is 56.5 Å². The fraction of sp³-hybridized carbons (Fsp3) is 0.304. The van der Waals surface area contributed by atoms with Gasteiger partial charge in [0.25, 0.3) is 5.56 Å². The summed E-state index contributed by atoms with van der Waals surface area (Å²) in [7, 11) is 1.84. The van der Waals surface area contributed by atoms with Gasteiger partial charge in [-0.05, 0) is 39.0 Å². The fourth-order valence-electron chi connectivity index (χ4n) is 3.87. The second-order valence-electron chi connectivity index (χ2n) is 7.22. The van der Waals surface area contributed by atoms with E-state index in [1.165, 1.54) is 11.8 Å². The number of aromatic nitrogens is 2. The fourth-order valence-corrected chi connectivity index (χ4v) is 5.16. The van der Waals surface area contributed by atoms with Gasteiger partial charge in [-0.3, -0.25) is 19.2 Å². The summed E-state index contributed by atoms with van der Waals surface area (Å²) in [6.45, 7) is 6.23. The van der Waals surface area contributed by atoms with Crippen molar-refractivity contribution in [1.82, 2.24) is 9.36 Å². The van der Waals surface area contributed by atoms with Gasteiger partial charge in [-0.1, -0.05) is 36.4 Å². The second-order valence-corrected chi connectivity index (χ2v) is 8.65. The molecule has 1 aliphatic rings. The Balaban J connectivity index is 1.89. The van der Waals surface area contributed by atoms with Crippen LogP contribution in [0.2, 0.25) is 0 Å². The second kappa shape index (κ2) is 8.07. The molecular formula is C23H25N3O3S. The van der Waals surface area contributed by atoms with Crippen molar-refractivity contribution in [2.24, 2.45) is 7.05 Å². The molecule has 3 aromatic rings. The summed E-state index contributed by atoms with van der Waals surface area (Å²) >= 11 is 1.54. The van der Waals surface area contributed by atoms with Crippen molar-refractivity contribution in [2.75, 3.05) is 11.5 Å². The largest absolute Gasteiger partial charge is 0.493 e. The molecule has 7 heteroatoms. The van der Waals surface area contributed by atoms with Crippen LogP contribution in [0.4, 0.5) is 5.69 Å². The quantitative estimate of drug-likeness (QED) is 0.621. The molecule has 0 aliphatic carbocycles. The molecule has 1 aromatic heterocycles. The number of thioether (sulfide) groups is 1. The van der Waals surface area contributed by atoms with E-state index in [0.717, 1.165) is 22.7 Å². The molecule has 0 radical (unpaired) electrons. The monoisotopic (exact) mass is 423 g/mol. The van der Waals surface area contributed by atoms with Gasteiger partial charge in [0.15, 0.2) is 0 Å². The van der Waals surface area contributed by atoms with E-state index in [0.29, 0.717) is 12.3 Å². The lowest BCUT2D eigenvalue weighted by molar-refractivity contribution is -0.117. The summed E-state index contributed by atoms with van der Waals surface area (Å²) in [5.41, 5.74) is 2.61. The molecule has 6 nitrogen and oxygen atoms in total. The summed E-state index contributed by atoms with van der Waals surface area (Å²) in [4.78, 5) is 28.4. The van der Waals surface area contributed by atoms with Crippen molar-refractivity contribution in [2.45, 2.75) is 31.4 Å². The van der Waals surface area contributed by atoms with Gasteiger partial charge in [-0.2, -0.15) is 0 Å². The standard InChI is InChI=1S/C23H25N3O3S/c1-5-29-19-14-10-9-13-18(19)23-25(21(27)16(3)30-23)20-15(2)24(4)26(22(20)28)17-11-7-6-8-12-17/h6-14,16,23H,5H2,1-4H3/t16-,23-/m1/s1. The highest BCUT2D eigenvalue weighted by Crippen LogP contribution is 2.47. The lowest BCUT2D eigenvalue weighted by Gasteiger charge is -2.24. The van der Waals surface area contributed by atoms with Gasteiger partial charge >= 0.3 is 0 Å². The number of carbonyl (C=O) groups is 1. The molecule has 2 atom stereocenters. The van der Waals surface area contributed by atoms with Crippen LogP contribution < -0.4 is 15.2 Å². The normalized spacial score (nSPS) is 18.8. The highest BCUT2D eigenvalue weighted by Gasteiger charge is 2.43. The minimum atomic E-state index is -0.326. The summed E-state index contributed by atoms with van der Waals surface area (Å²) in [5, 5.41) is -0.581. The molecule has 0 N–H and O–H groups in total. The van der Waals surface area contributed by atoms with E-state index in [-0.39, 0.29) is 22.1 Å². The van der Waals surface area contributed by atoms with Crippen LogP contribution in [0.1, 0.15) is 30.5 Å². The third kappa shape index (κ3) is 3.23. The molecule has 2 heterocycles. The molecule has 1 amide bonds. The van der Waals surface area contributed by atoms with E-state index in [1.807, 2.05) is 82.4 Å². The number of anilines is 1. The number of nitrogens with zero attached hydrogens (tertiary/aromatic N) is 3. The van der Waals surface area contributed by atoms with Crippen molar-refractivity contribution in [3.8, 4) is 11.4 Å². The Bertz CT molecular complexity index is 1140. The third-order valence-corrected chi connectivity index (χ3v) is 6.73. The number of hydrogen-bond acceptors (Lipinski definition) is 4. The van der Waals surface area contributed by atoms with E-state index in [9.17, 15) is 9.59 Å². The molecule has 0 bridgehead atoms. The number of benzene rings is 2. The van der Waals surface area contributed by atoms with Gasteiger partial charge in [-0.15, -0.1) is 11.8 Å². The Morgan fingerprint density at radius 2 is 1.70 bits per heavy atom. The Hall–Kier alpha value is -2.93. The van der Waals surface area contributed by atoms with Gasteiger partial charge < -0.3 is 4.74 Å². The Morgan fingerprint density at radius 3 is 2.40 bits per heavy atom. The van der Waals surface area contributed by atoms with Crippen molar-refractivity contribution >= 4 is 23.4 Å². The maximum Gasteiger partial charge on any atom is 0.295 e. The molecule has 4 rings (SSSR count). The van der Waals surface area contributed by atoms with Crippen molar-refractivity contribution in [3.05, 3.63) is 76.2 Å². The Kier molecular flexibility index (Phi) is 5.47. The molecule has 2 aromatic carbocycles. The van der Waals surface area contributed by atoms with Crippen LogP contribution in [0.5, 0.6) is 5.75 Å². The van der Waals surface area contributed by atoms with Crippen LogP contribution in [-0.2, 0) is 11.8 Å². The zero-order chi connectivity index (χ0) is 21.4. The maximum absolute atomic E-state index is 13.5. The predicted molar refractivity (Wildman–Crippen MR) is 121 cm³/mol. The van der Waals surface area contributed by atoms with Gasteiger partial charge in [0.05, 0.1) is 23.2 Å². The molecule has 0 spiro atoms. The number of para-hydroxylation sites is 2. The van der Waals surface area contributed by atoms with Crippen molar-refractivity contribution in [3.63, 3.8) is 0 Å². The van der Waals surface area contributed by atoms with Crippen molar-refractivity contribution in [1.29, 1.82) is 0 Å². The number of rotatable bonds is 5. The first-order valence-corrected chi connectivity index (χ1v) is 10.9. The van der Waals surface area contributed by atoms with Gasteiger partial charge in [0.2, 0.25) is 5.91 Å². The van der Waals surface area contributed by atoms with Crippen LogP contribution >= 0.6 is 11.8 Å². The van der Waals surface area contributed by atoms with Crippen LogP contribution in [0, 0.1) is 6.92 Å². The molecule has 0 saturated carbocycles. The van der Waals surface area contributed by atoms with E-state index in [2.05, 4.69) is 0 Å². The van der Waals surface area contributed by atoms with Crippen LogP contribution in [0.25, 0.3) is 5.69 Å². The highest BCUT2D eigenvalue weighted by atomic mass is 32.2. The van der Waals surface area contributed by atoms with Crippen molar-refractivity contribution < 1.29 is 9.53 Å². The Labute approximate surface area is 180 Å². The molecule has 30 heavy (non-hydrogen) atoms. The maximum atomic E-state index is 13.5. The number of ether oxygens (including phenoxy) is 1. The van der Waals surface area contributed by atoms with E-state index in [1.54, 1.807) is 14.3 Å². The third-order valence-electron chi connectivity index (χ3n) is 5.40. The average molecular weight is 424 g/mol. The average Bonchev–Trinajstić information content (AvgIpc) is 3.15. The Morgan fingerprint density at radius 1 is 1.03 bits per heavy atom. The van der Waals surface area contributed by atoms with Gasteiger partial charge in [0.1, 0.15) is 16.8 Å². The molecule has 1 aliphatic heterocycles. The number of amides is 1. The molecule has 1 fully saturated rings. The predicted octanol–water partition coefficient (Wildman–Crippen LogP) is 4.05. The molecule has 1 saturated heterocycles. The summed E-state index contributed by atoms with van der Waals surface area (Å²) in [5.74, 6) is 0.670. The van der Waals surface area contributed by atoms with E-state index in [4.69, 9.17) is 4.74 Å².